The van der Waals surface area contributed by atoms with Crippen molar-refractivity contribution in [3.8, 4) is 5.69 Å². The van der Waals surface area contributed by atoms with Gasteiger partial charge in [0.15, 0.2) is 0 Å². The first kappa shape index (κ1) is 21.6. The van der Waals surface area contributed by atoms with Crippen molar-refractivity contribution in [2.24, 2.45) is 0 Å². The van der Waals surface area contributed by atoms with Crippen molar-refractivity contribution in [2.45, 2.75) is 63.7 Å². The van der Waals surface area contributed by atoms with E-state index in [1.807, 2.05) is 35.0 Å². The Morgan fingerprint density at radius 2 is 1.88 bits per heavy atom. The summed E-state index contributed by atoms with van der Waals surface area (Å²) in [5, 5.41) is 7.97. The molecule has 1 N–H and O–H groups in total. The number of para-hydroxylation sites is 1. The molecule has 3 atom stereocenters. The molecule has 1 aromatic heterocycles. The number of morpholine rings is 1. The SMILES string of the molecule is C[C@@H]1CN(C[C@H]2CCCN2CC(=O)Nc2cc(C3CC3)nn2-c2ccccc2)C[C@H](C)O1. The van der Waals surface area contributed by atoms with Gasteiger partial charge in [-0.3, -0.25) is 14.6 Å². The summed E-state index contributed by atoms with van der Waals surface area (Å²) in [5.41, 5.74) is 2.06. The van der Waals surface area contributed by atoms with E-state index in [9.17, 15) is 4.79 Å². The Morgan fingerprint density at radius 1 is 1.12 bits per heavy atom. The first-order valence-corrected chi connectivity index (χ1v) is 12.1. The first-order valence-electron chi connectivity index (χ1n) is 12.1. The molecular formula is C25H35N5O2. The number of ether oxygens (including phenoxy) is 1. The fraction of sp³-hybridized carbons (Fsp3) is 0.600. The molecule has 7 nitrogen and oxygen atoms in total. The average Bonchev–Trinajstić information content (AvgIpc) is 3.40. The van der Waals surface area contributed by atoms with Gasteiger partial charge in [0.1, 0.15) is 5.82 Å². The molecule has 1 amide bonds. The van der Waals surface area contributed by atoms with E-state index >= 15 is 0 Å². The van der Waals surface area contributed by atoms with Crippen LogP contribution in [0.2, 0.25) is 0 Å². The van der Waals surface area contributed by atoms with E-state index in [0.29, 0.717) is 18.5 Å². The van der Waals surface area contributed by atoms with E-state index in [1.165, 1.54) is 12.8 Å². The summed E-state index contributed by atoms with van der Waals surface area (Å²) >= 11 is 0. The van der Waals surface area contributed by atoms with Gasteiger partial charge < -0.3 is 10.1 Å². The Bertz CT molecular complexity index is 916. The number of hydrogen-bond acceptors (Lipinski definition) is 5. The second kappa shape index (κ2) is 9.33. The van der Waals surface area contributed by atoms with Gasteiger partial charge in [0.2, 0.25) is 5.91 Å². The number of anilines is 1. The van der Waals surface area contributed by atoms with Gasteiger partial charge in [-0.25, -0.2) is 4.68 Å². The number of carbonyl (C=O) groups is 1. The summed E-state index contributed by atoms with van der Waals surface area (Å²) in [6, 6.07) is 12.5. The van der Waals surface area contributed by atoms with Crippen molar-refractivity contribution in [3.05, 3.63) is 42.1 Å². The smallest absolute Gasteiger partial charge is 0.239 e. The first-order chi connectivity index (χ1) is 15.5. The second-order valence-electron chi connectivity index (χ2n) is 9.77. The summed E-state index contributed by atoms with van der Waals surface area (Å²) < 4.78 is 7.76. The van der Waals surface area contributed by atoms with E-state index in [-0.39, 0.29) is 18.1 Å². The zero-order chi connectivity index (χ0) is 22.1. The van der Waals surface area contributed by atoms with E-state index in [4.69, 9.17) is 9.84 Å². The van der Waals surface area contributed by atoms with Crippen LogP contribution in [0.3, 0.4) is 0 Å². The van der Waals surface area contributed by atoms with Gasteiger partial charge in [0.05, 0.1) is 30.1 Å². The Labute approximate surface area is 190 Å². The van der Waals surface area contributed by atoms with E-state index in [2.05, 4.69) is 35.0 Å². The summed E-state index contributed by atoms with van der Waals surface area (Å²) in [4.78, 5) is 17.9. The van der Waals surface area contributed by atoms with Crippen molar-refractivity contribution in [1.82, 2.24) is 19.6 Å². The lowest BCUT2D eigenvalue weighted by Crippen LogP contribution is -2.50. The van der Waals surface area contributed by atoms with Crippen LogP contribution in [0.25, 0.3) is 5.69 Å². The minimum absolute atomic E-state index is 0.0417. The van der Waals surface area contributed by atoms with Crippen molar-refractivity contribution >= 4 is 11.7 Å². The Kier molecular flexibility index (Phi) is 6.31. The lowest BCUT2D eigenvalue weighted by molar-refractivity contribution is -0.118. The summed E-state index contributed by atoms with van der Waals surface area (Å²) in [6.45, 7) is 8.67. The fourth-order valence-electron chi connectivity index (χ4n) is 5.24. The Hall–Kier alpha value is -2.22. The number of benzene rings is 1. The maximum Gasteiger partial charge on any atom is 0.239 e. The summed E-state index contributed by atoms with van der Waals surface area (Å²) in [7, 11) is 0. The molecule has 32 heavy (non-hydrogen) atoms. The second-order valence-corrected chi connectivity index (χ2v) is 9.77. The quantitative estimate of drug-likeness (QED) is 0.720. The number of hydrogen-bond donors (Lipinski definition) is 1. The highest BCUT2D eigenvalue weighted by atomic mass is 16.5. The number of carbonyl (C=O) groups excluding carboxylic acids is 1. The zero-order valence-corrected chi connectivity index (χ0v) is 19.2. The van der Waals surface area contributed by atoms with Crippen LogP contribution in [-0.4, -0.2) is 76.5 Å². The van der Waals surface area contributed by atoms with Crippen LogP contribution in [0, 0.1) is 0 Å². The van der Waals surface area contributed by atoms with E-state index in [0.717, 1.165) is 56.2 Å². The molecule has 3 fully saturated rings. The third-order valence-electron chi connectivity index (χ3n) is 6.80. The molecule has 172 valence electrons. The number of rotatable bonds is 7. The van der Waals surface area contributed by atoms with Crippen molar-refractivity contribution in [3.63, 3.8) is 0 Å². The topological polar surface area (TPSA) is 62.6 Å². The monoisotopic (exact) mass is 437 g/mol. The third-order valence-corrected chi connectivity index (χ3v) is 6.80. The molecule has 0 unspecified atom stereocenters. The maximum absolute atomic E-state index is 13.1. The van der Waals surface area contributed by atoms with Crippen LogP contribution in [0.15, 0.2) is 36.4 Å². The lowest BCUT2D eigenvalue weighted by atomic mass is 10.1. The normalized spacial score (nSPS) is 27.0. The van der Waals surface area contributed by atoms with Crippen LogP contribution < -0.4 is 5.32 Å². The van der Waals surface area contributed by atoms with Crippen LogP contribution in [0.5, 0.6) is 0 Å². The molecular weight excluding hydrogens is 402 g/mol. The van der Waals surface area contributed by atoms with Crippen LogP contribution in [-0.2, 0) is 9.53 Å². The minimum atomic E-state index is 0.0417. The molecule has 7 heteroatoms. The standard InChI is InChI=1S/C25H35N5O2/c1-18-14-28(15-19(2)32-18)16-22-9-6-12-29(22)17-25(31)26-24-13-23(20-10-11-20)27-30(24)21-7-4-3-5-8-21/h3-5,7-8,13,18-20,22H,6,9-12,14-17H2,1-2H3,(H,26,31)/t18-,19+,22-/m1/s1. The van der Waals surface area contributed by atoms with Gasteiger partial charge in [-0.15, -0.1) is 0 Å². The molecule has 1 aromatic carbocycles. The molecule has 3 aliphatic rings. The fourth-order valence-corrected chi connectivity index (χ4v) is 5.24. The number of aromatic nitrogens is 2. The number of amides is 1. The van der Waals surface area contributed by atoms with Crippen molar-refractivity contribution in [1.29, 1.82) is 0 Å². The molecule has 2 saturated heterocycles. The third kappa shape index (κ3) is 5.05. The largest absolute Gasteiger partial charge is 0.373 e. The predicted molar refractivity (Wildman–Crippen MR) is 125 cm³/mol. The van der Waals surface area contributed by atoms with Crippen molar-refractivity contribution < 1.29 is 9.53 Å². The van der Waals surface area contributed by atoms with Gasteiger partial charge in [-0.2, -0.15) is 5.10 Å². The number of likely N-dealkylation sites (tertiary alicyclic amines) is 1. The highest BCUT2D eigenvalue weighted by molar-refractivity contribution is 5.91. The Morgan fingerprint density at radius 3 is 2.59 bits per heavy atom. The molecule has 0 bridgehead atoms. The summed E-state index contributed by atoms with van der Waals surface area (Å²) in [5.74, 6) is 1.35. The molecule has 1 saturated carbocycles. The highest BCUT2D eigenvalue weighted by Gasteiger charge is 2.32. The van der Waals surface area contributed by atoms with Gasteiger partial charge in [0.25, 0.3) is 0 Å². The Balaban J connectivity index is 1.23. The zero-order valence-electron chi connectivity index (χ0n) is 19.2. The number of nitrogens with one attached hydrogen (secondary N) is 1. The van der Waals surface area contributed by atoms with Crippen LogP contribution in [0.4, 0.5) is 5.82 Å². The van der Waals surface area contributed by atoms with Crippen molar-refractivity contribution in [2.75, 3.05) is 38.0 Å². The number of nitrogens with zero attached hydrogens (tertiary/aromatic N) is 4. The van der Waals surface area contributed by atoms with Crippen LogP contribution >= 0.6 is 0 Å². The van der Waals surface area contributed by atoms with Gasteiger partial charge in [-0.1, -0.05) is 18.2 Å². The molecule has 1 aliphatic carbocycles. The molecule has 0 radical (unpaired) electrons. The predicted octanol–water partition coefficient (Wildman–Crippen LogP) is 3.26. The molecule has 2 aromatic rings. The summed E-state index contributed by atoms with van der Waals surface area (Å²) in [6.07, 6.45) is 5.23. The lowest BCUT2D eigenvalue weighted by Gasteiger charge is -2.38. The van der Waals surface area contributed by atoms with Crippen LogP contribution in [0.1, 0.15) is 51.1 Å². The molecule has 5 rings (SSSR count). The van der Waals surface area contributed by atoms with Gasteiger partial charge >= 0.3 is 0 Å². The minimum Gasteiger partial charge on any atom is -0.373 e. The molecule has 0 spiro atoms. The highest BCUT2D eigenvalue weighted by Crippen LogP contribution is 2.40. The van der Waals surface area contributed by atoms with Gasteiger partial charge in [-0.05, 0) is 58.2 Å². The van der Waals surface area contributed by atoms with E-state index in [1.54, 1.807) is 0 Å². The van der Waals surface area contributed by atoms with Gasteiger partial charge in [0, 0.05) is 37.7 Å². The average molecular weight is 438 g/mol. The maximum atomic E-state index is 13.1. The molecule has 2 aliphatic heterocycles. The molecule has 3 heterocycles. The van der Waals surface area contributed by atoms with E-state index < -0.39 is 0 Å².